The van der Waals surface area contributed by atoms with Crippen molar-refractivity contribution in [2.24, 2.45) is 0 Å². The van der Waals surface area contributed by atoms with E-state index in [0.717, 1.165) is 10.0 Å². The zero-order valence-electron chi connectivity index (χ0n) is 11.4. The van der Waals surface area contributed by atoms with Gasteiger partial charge in [-0.05, 0) is 42.8 Å². The lowest BCUT2D eigenvalue weighted by Crippen LogP contribution is -2.32. The second-order valence-corrected chi connectivity index (χ2v) is 5.41. The van der Waals surface area contributed by atoms with Crippen LogP contribution in [0.1, 0.15) is 15.9 Å². The highest BCUT2D eigenvalue weighted by atomic mass is 79.9. The van der Waals surface area contributed by atoms with Crippen LogP contribution >= 0.6 is 15.9 Å². The van der Waals surface area contributed by atoms with Gasteiger partial charge in [-0.3, -0.25) is 14.6 Å². The molecule has 5 nitrogen and oxygen atoms in total. The van der Waals surface area contributed by atoms with Crippen LogP contribution in [-0.4, -0.2) is 23.3 Å². The number of carbonyl (C=O) groups is 2. The summed E-state index contributed by atoms with van der Waals surface area (Å²) >= 11 is 3.34. The van der Waals surface area contributed by atoms with Gasteiger partial charge in [0.2, 0.25) is 5.91 Å². The van der Waals surface area contributed by atoms with Crippen molar-refractivity contribution in [3.8, 4) is 0 Å². The van der Waals surface area contributed by atoms with Crippen molar-refractivity contribution in [3.05, 3.63) is 58.3 Å². The molecule has 0 unspecified atom stereocenters. The lowest BCUT2D eigenvalue weighted by atomic mass is 10.1. The molecule has 2 N–H and O–H groups in total. The van der Waals surface area contributed by atoms with E-state index in [2.05, 4.69) is 31.5 Å². The molecule has 0 aliphatic heterocycles. The van der Waals surface area contributed by atoms with E-state index in [1.165, 1.54) is 6.20 Å². The molecule has 0 atom stereocenters. The summed E-state index contributed by atoms with van der Waals surface area (Å²) in [7, 11) is 0. The van der Waals surface area contributed by atoms with Crippen molar-refractivity contribution in [3.63, 3.8) is 0 Å². The fourth-order valence-corrected chi connectivity index (χ4v) is 2.38. The van der Waals surface area contributed by atoms with Crippen molar-refractivity contribution >= 4 is 33.4 Å². The molecule has 0 bridgehead atoms. The molecule has 21 heavy (non-hydrogen) atoms. The van der Waals surface area contributed by atoms with E-state index < -0.39 is 0 Å². The molecule has 0 spiro atoms. The van der Waals surface area contributed by atoms with E-state index in [4.69, 9.17) is 0 Å². The Morgan fingerprint density at radius 1 is 1.29 bits per heavy atom. The Kier molecular flexibility index (Phi) is 5.05. The average Bonchev–Trinajstić information content (AvgIpc) is 2.45. The van der Waals surface area contributed by atoms with Crippen LogP contribution < -0.4 is 10.6 Å². The van der Waals surface area contributed by atoms with Gasteiger partial charge in [-0.2, -0.15) is 0 Å². The molecule has 0 aliphatic rings. The fourth-order valence-electron chi connectivity index (χ4n) is 1.77. The molecular weight excluding hydrogens is 334 g/mol. The normalized spacial score (nSPS) is 10.0. The Morgan fingerprint density at radius 2 is 2.10 bits per heavy atom. The molecule has 2 aromatic rings. The molecule has 0 saturated carbocycles. The number of aryl methyl sites for hydroxylation is 1. The Hall–Kier alpha value is -2.21. The van der Waals surface area contributed by atoms with Gasteiger partial charge in [0.05, 0.1) is 18.4 Å². The van der Waals surface area contributed by atoms with Crippen LogP contribution in [-0.2, 0) is 4.79 Å². The number of pyridine rings is 1. The first-order chi connectivity index (χ1) is 10.0. The minimum atomic E-state index is -0.303. The smallest absolute Gasteiger partial charge is 0.251 e. The van der Waals surface area contributed by atoms with Crippen LogP contribution in [0.4, 0.5) is 5.69 Å². The average molecular weight is 348 g/mol. The summed E-state index contributed by atoms with van der Waals surface area (Å²) in [6.45, 7) is 1.80. The molecule has 1 heterocycles. The Labute approximate surface area is 130 Å². The van der Waals surface area contributed by atoms with Crippen LogP contribution in [0.2, 0.25) is 0 Å². The van der Waals surface area contributed by atoms with Crippen LogP contribution in [0, 0.1) is 6.92 Å². The molecule has 6 heteroatoms. The second kappa shape index (κ2) is 6.99. The zero-order chi connectivity index (χ0) is 15.2. The summed E-state index contributed by atoms with van der Waals surface area (Å²) in [6.07, 6.45) is 3.16. The standard InChI is InChI=1S/C15H14BrN3O2/c1-10-5-11(7-12(16)6-10)15(21)18-9-14(20)19-13-3-2-4-17-8-13/h2-8H,9H2,1H3,(H,18,21)(H,19,20). The molecule has 0 saturated heterocycles. The SMILES string of the molecule is Cc1cc(Br)cc(C(=O)NCC(=O)Nc2cccnc2)c1. The second-order valence-electron chi connectivity index (χ2n) is 4.49. The monoisotopic (exact) mass is 347 g/mol. The van der Waals surface area contributed by atoms with E-state index in [1.54, 1.807) is 30.5 Å². The number of hydrogen-bond acceptors (Lipinski definition) is 3. The number of nitrogens with zero attached hydrogens (tertiary/aromatic N) is 1. The molecule has 1 aromatic carbocycles. The summed E-state index contributed by atoms with van der Waals surface area (Å²) in [6, 6.07) is 8.83. The molecule has 0 fully saturated rings. The van der Waals surface area contributed by atoms with E-state index in [0.29, 0.717) is 11.3 Å². The van der Waals surface area contributed by atoms with Gasteiger partial charge in [0, 0.05) is 16.2 Å². The number of anilines is 1. The molecule has 2 rings (SSSR count). The van der Waals surface area contributed by atoms with Gasteiger partial charge in [-0.1, -0.05) is 15.9 Å². The van der Waals surface area contributed by atoms with E-state index in [9.17, 15) is 9.59 Å². The van der Waals surface area contributed by atoms with Crippen molar-refractivity contribution in [2.75, 3.05) is 11.9 Å². The summed E-state index contributed by atoms with van der Waals surface area (Å²) < 4.78 is 0.826. The molecule has 0 radical (unpaired) electrons. The van der Waals surface area contributed by atoms with Crippen molar-refractivity contribution in [2.45, 2.75) is 6.92 Å². The molecular formula is C15H14BrN3O2. The quantitative estimate of drug-likeness (QED) is 0.892. The predicted molar refractivity (Wildman–Crippen MR) is 84.1 cm³/mol. The maximum absolute atomic E-state index is 12.0. The first-order valence-corrected chi connectivity index (χ1v) is 7.09. The summed E-state index contributed by atoms with van der Waals surface area (Å²) in [5, 5.41) is 5.23. The van der Waals surface area contributed by atoms with Gasteiger partial charge < -0.3 is 10.6 Å². The molecule has 108 valence electrons. The lowest BCUT2D eigenvalue weighted by molar-refractivity contribution is -0.115. The topological polar surface area (TPSA) is 71.1 Å². The summed E-state index contributed by atoms with van der Waals surface area (Å²) in [4.78, 5) is 27.6. The number of hydrogen-bond donors (Lipinski definition) is 2. The summed E-state index contributed by atoms with van der Waals surface area (Å²) in [5.41, 5.74) is 2.07. The van der Waals surface area contributed by atoms with Crippen LogP contribution in [0.25, 0.3) is 0 Å². The highest BCUT2D eigenvalue weighted by Gasteiger charge is 2.09. The number of rotatable bonds is 4. The molecule has 1 aromatic heterocycles. The number of carbonyl (C=O) groups excluding carboxylic acids is 2. The molecule has 0 aliphatic carbocycles. The third kappa shape index (κ3) is 4.68. The maximum atomic E-state index is 12.0. The first-order valence-electron chi connectivity index (χ1n) is 6.30. The highest BCUT2D eigenvalue weighted by Crippen LogP contribution is 2.15. The van der Waals surface area contributed by atoms with Gasteiger partial charge in [0.15, 0.2) is 0 Å². The minimum Gasteiger partial charge on any atom is -0.343 e. The van der Waals surface area contributed by atoms with Gasteiger partial charge >= 0.3 is 0 Å². The van der Waals surface area contributed by atoms with Gasteiger partial charge in [-0.25, -0.2) is 0 Å². The maximum Gasteiger partial charge on any atom is 0.251 e. The van der Waals surface area contributed by atoms with E-state index >= 15 is 0 Å². The number of benzene rings is 1. The van der Waals surface area contributed by atoms with Gasteiger partial charge in [-0.15, -0.1) is 0 Å². The predicted octanol–water partition coefficient (Wildman–Crippen LogP) is 2.52. The van der Waals surface area contributed by atoms with Gasteiger partial charge in [0.1, 0.15) is 0 Å². The van der Waals surface area contributed by atoms with Crippen LogP contribution in [0.15, 0.2) is 47.2 Å². The number of nitrogens with one attached hydrogen (secondary N) is 2. The third-order valence-corrected chi connectivity index (χ3v) is 3.12. The zero-order valence-corrected chi connectivity index (χ0v) is 13.0. The highest BCUT2D eigenvalue weighted by molar-refractivity contribution is 9.10. The van der Waals surface area contributed by atoms with E-state index in [-0.39, 0.29) is 18.4 Å². The Bertz CT molecular complexity index is 639. The van der Waals surface area contributed by atoms with Crippen molar-refractivity contribution < 1.29 is 9.59 Å². The first kappa shape index (κ1) is 15.2. The van der Waals surface area contributed by atoms with Crippen LogP contribution in [0.5, 0.6) is 0 Å². The number of aromatic nitrogens is 1. The van der Waals surface area contributed by atoms with Gasteiger partial charge in [0.25, 0.3) is 5.91 Å². The third-order valence-electron chi connectivity index (χ3n) is 2.66. The lowest BCUT2D eigenvalue weighted by Gasteiger charge is -2.07. The number of halogens is 1. The fraction of sp³-hybridized carbons (Fsp3) is 0.133. The van der Waals surface area contributed by atoms with Crippen molar-refractivity contribution in [1.29, 1.82) is 0 Å². The Balaban J connectivity index is 1.90. The minimum absolute atomic E-state index is 0.0979. The summed E-state index contributed by atoms with van der Waals surface area (Å²) in [5.74, 6) is -0.594. The van der Waals surface area contributed by atoms with Crippen LogP contribution in [0.3, 0.4) is 0 Å². The molecule has 2 amide bonds. The Morgan fingerprint density at radius 3 is 2.76 bits per heavy atom. The van der Waals surface area contributed by atoms with E-state index in [1.807, 2.05) is 13.0 Å². The largest absolute Gasteiger partial charge is 0.343 e. The van der Waals surface area contributed by atoms with Crippen molar-refractivity contribution in [1.82, 2.24) is 10.3 Å². The number of amides is 2.